The predicted molar refractivity (Wildman–Crippen MR) is 97.8 cm³/mol. The summed E-state index contributed by atoms with van der Waals surface area (Å²) < 4.78 is 10.2. The van der Waals surface area contributed by atoms with E-state index in [2.05, 4.69) is 13.8 Å². The molecule has 4 nitrogen and oxygen atoms in total. The van der Waals surface area contributed by atoms with Crippen LogP contribution in [0.3, 0.4) is 0 Å². The number of carbonyl (C=O) groups is 2. The molecule has 0 radical (unpaired) electrons. The Morgan fingerprint density at radius 1 is 0.708 bits per heavy atom. The number of carbonyl (C=O) groups excluding carboxylic acids is 2. The number of hydrogen-bond acceptors (Lipinski definition) is 4. The van der Waals surface area contributed by atoms with E-state index in [1.807, 2.05) is 12.2 Å². The summed E-state index contributed by atoms with van der Waals surface area (Å²) in [5.41, 5.74) is 0. The summed E-state index contributed by atoms with van der Waals surface area (Å²) in [5.74, 6) is -0.635. The van der Waals surface area contributed by atoms with Crippen LogP contribution >= 0.6 is 0 Å². The SMILES string of the molecule is CC/C=C/CCOC(=O)CCC(=O)OCCCCCCCCCC. The van der Waals surface area contributed by atoms with Crippen molar-refractivity contribution in [2.24, 2.45) is 0 Å². The Bertz CT molecular complexity index is 337. The van der Waals surface area contributed by atoms with Crippen LogP contribution in [0.4, 0.5) is 0 Å². The Labute approximate surface area is 148 Å². The van der Waals surface area contributed by atoms with Gasteiger partial charge in [-0.3, -0.25) is 9.59 Å². The van der Waals surface area contributed by atoms with E-state index in [-0.39, 0.29) is 24.8 Å². The molecule has 0 aliphatic rings. The summed E-state index contributed by atoms with van der Waals surface area (Å²) in [6.07, 6.45) is 15.7. The summed E-state index contributed by atoms with van der Waals surface area (Å²) in [6, 6.07) is 0. The molecule has 24 heavy (non-hydrogen) atoms. The molecule has 0 spiro atoms. The zero-order valence-electron chi connectivity index (χ0n) is 15.7. The molecule has 0 fully saturated rings. The lowest BCUT2D eigenvalue weighted by atomic mass is 10.1. The Balaban J connectivity index is 3.37. The van der Waals surface area contributed by atoms with Gasteiger partial charge in [-0.15, -0.1) is 0 Å². The van der Waals surface area contributed by atoms with Gasteiger partial charge in [0.15, 0.2) is 0 Å². The molecule has 0 rings (SSSR count). The van der Waals surface area contributed by atoms with Crippen molar-refractivity contribution < 1.29 is 19.1 Å². The molecule has 0 aromatic rings. The Morgan fingerprint density at radius 3 is 1.83 bits per heavy atom. The van der Waals surface area contributed by atoms with Crippen LogP contribution in [0.25, 0.3) is 0 Å². The van der Waals surface area contributed by atoms with Crippen molar-refractivity contribution in [3.63, 3.8) is 0 Å². The summed E-state index contributed by atoms with van der Waals surface area (Å²) >= 11 is 0. The molecular weight excluding hydrogens is 304 g/mol. The number of rotatable bonds is 16. The Hall–Kier alpha value is -1.32. The average molecular weight is 341 g/mol. The summed E-state index contributed by atoms with van der Waals surface area (Å²) in [6.45, 7) is 5.12. The molecule has 140 valence electrons. The van der Waals surface area contributed by atoms with Gasteiger partial charge in [-0.2, -0.15) is 0 Å². The van der Waals surface area contributed by atoms with Gasteiger partial charge in [0.25, 0.3) is 0 Å². The molecule has 0 amide bonds. The van der Waals surface area contributed by atoms with Gasteiger partial charge in [-0.1, -0.05) is 70.9 Å². The fourth-order valence-electron chi connectivity index (χ4n) is 2.30. The van der Waals surface area contributed by atoms with Crippen molar-refractivity contribution >= 4 is 11.9 Å². The highest BCUT2D eigenvalue weighted by molar-refractivity contribution is 5.77. The minimum atomic E-state index is -0.330. The van der Waals surface area contributed by atoms with Crippen molar-refractivity contribution in [3.8, 4) is 0 Å². The first-order valence-electron chi connectivity index (χ1n) is 9.66. The second-order valence-corrected chi connectivity index (χ2v) is 6.08. The van der Waals surface area contributed by atoms with Crippen molar-refractivity contribution in [1.82, 2.24) is 0 Å². The maximum atomic E-state index is 11.5. The fraction of sp³-hybridized carbons (Fsp3) is 0.800. The number of allylic oxidation sites excluding steroid dienone is 1. The maximum Gasteiger partial charge on any atom is 0.306 e. The first kappa shape index (κ1) is 22.7. The van der Waals surface area contributed by atoms with Crippen LogP contribution < -0.4 is 0 Å². The number of esters is 2. The first-order chi connectivity index (χ1) is 11.7. The highest BCUT2D eigenvalue weighted by Crippen LogP contribution is 2.08. The normalized spacial score (nSPS) is 10.9. The zero-order chi connectivity index (χ0) is 17.9. The standard InChI is InChI=1S/C20H36O4/c1-3-5-7-9-10-11-12-14-18-24-20(22)16-15-19(21)23-17-13-8-6-4-2/h6,8H,3-5,7,9-18H2,1-2H3/b8-6+. The van der Waals surface area contributed by atoms with Gasteiger partial charge in [0, 0.05) is 0 Å². The minimum absolute atomic E-state index is 0.105. The van der Waals surface area contributed by atoms with Crippen molar-refractivity contribution in [1.29, 1.82) is 0 Å². The second-order valence-electron chi connectivity index (χ2n) is 6.08. The quantitative estimate of drug-likeness (QED) is 0.216. The second kappa shape index (κ2) is 18.0. The lowest BCUT2D eigenvalue weighted by Gasteiger charge is -2.05. The van der Waals surface area contributed by atoms with Crippen LogP contribution in [0.15, 0.2) is 12.2 Å². The molecule has 0 aliphatic carbocycles. The van der Waals surface area contributed by atoms with Crippen LogP contribution in [0.1, 0.15) is 90.9 Å². The highest BCUT2D eigenvalue weighted by Gasteiger charge is 2.08. The number of unbranched alkanes of at least 4 members (excludes halogenated alkanes) is 7. The summed E-state index contributed by atoms with van der Waals surface area (Å²) in [7, 11) is 0. The lowest BCUT2D eigenvalue weighted by Crippen LogP contribution is -2.11. The molecule has 0 saturated carbocycles. The van der Waals surface area contributed by atoms with Crippen LogP contribution in [-0.2, 0) is 19.1 Å². The van der Waals surface area contributed by atoms with E-state index in [0.29, 0.717) is 13.2 Å². The van der Waals surface area contributed by atoms with Crippen molar-refractivity contribution in [2.45, 2.75) is 90.9 Å². The molecule has 0 aromatic carbocycles. The Kier molecular flexibility index (Phi) is 17.0. The third kappa shape index (κ3) is 17.0. The highest BCUT2D eigenvalue weighted by atomic mass is 16.5. The topological polar surface area (TPSA) is 52.6 Å². The van der Waals surface area contributed by atoms with Crippen molar-refractivity contribution in [2.75, 3.05) is 13.2 Å². The van der Waals surface area contributed by atoms with E-state index in [1.165, 1.54) is 38.5 Å². The van der Waals surface area contributed by atoms with E-state index in [9.17, 15) is 9.59 Å². The lowest BCUT2D eigenvalue weighted by molar-refractivity contribution is -0.150. The average Bonchev–Trinajstić information content (AvgIpc) is 2.58. The van der Waals surface area contributed by atoms with Gasteiger partial charge in [-0.25, -0.2) is 0 Å². The maximum absolute atomic E-state index is 11.5. The van der Waals surface area contributed by atoms with Gasteiger partial charge in [0.05, 0.1) is 26.1 Å². The first-order valence-corrected chi connectivity index (χ1v) is 9.66. The van der Waals surface area contributed by atoms with Crippen LogP contribution in [0.2, 0.25) is 0 Å². The molecule has 0 atom stereocenters. The molecule has 0 N–H and O–H groups in total. The van der Waals surface area contributed by atoms with Gasteiger partial charge in [-0.05, 0) is 19.3 Å². The molecule has 0 bridgehead atoms. The molecule has 0 saturated heterocycles. The molecule has 0 unspecified atom stereocenters. The van der Waals surface area contributed by atoms with E-state index in [1.54, 1.807) is 0 Å². The Morgan fingerprint density at radius 2 is 1.25 bits per heavy atom. The smallest absolute Gasteiger partial charge is 0.306 e. The predicted octanol–water partition coefficient (Wildman–Crippen LogP) is 5.35. The third-order valence-electron chi connectivity index (χ3n) is 3.74. The van der Waals surface area contributed by atoms with Gasteiger partial charge in [0.1, 0.15) is 0 Å². The minimum Gasteiger partial charge on any atom is -0.466 e. The zero-order valence-corrected chi connectivity index (χ0v) is 15.7. The fourth-order valence-corrected chi connectivity index (χ4v) is 2.30. The largest absolute Gasteiger partial charge is 0.466 e. The monoisotopic (exact) mass is 340 g/mol. The van der Waals surface area contributed by atoms with E-state index in [4.69, 9.17) is 9.47 Å². The van der Waals surface area contributed by atoms with Gasteiger partial charge < -0.3 is 9.47 Å². The molecular formula is C20H36O4. The molecule has 0 aliphatic heterocycles. The number of ether oxygens (including phenoxy) is 2. The van der Waals surface area contributed by atoms with Gasteiger partial charge >= 0.3 is 11.9 Å². The summed E-state index contributed by atoms with van der Waals surface area (Å²) in [4.78, 5) is 23.0. The van der Waals surface area contributed by atoms with Crippen molar-refractivity contribution in [3.05, 3.63) is 12.2 Å². The molecule has 0 aromatic heterocycles. The van der Waals surface area contributed by atoms with E-state index < -0.39 is 0 Å². The van der Waals surface area contributed by atoms with E-state index >= 15 is 0 Å². The third-order valence-corrected chi connectivity index (χ3v) is 3.74. The van der Waals surface area contributed by atoms with Gasteiger partial charge in [0.2, 0.25) is 0 Å². The molecule has 0 heterocycles. The van der Waals surface area contributed by atoms with Crippen LogP contribution in [0, 0.1) is 0 Å². The van der Waals surface area contributed by atoms with Crippen LogP contribution in [0.5, 0.6) is 0 Å². The summed E-state index contributed by atoms with van der Waals surface area (Å²) in [5, 5.41) is 0. The van der Waals surface area contributed by atoms with Crippen LogP contribution in [-0.4, -0.2) is 25.2 Å². The molecule has 4 heteroatoms. The van der Waals surface area contributed by atoms with E-state index in [0.717, 1.165) is 25.7 Å². The number of hydrogen-bond donors (Lipinski definition) is 0.